The lowest BCUT2D eigenvalue weighted by atomic mass is 10.0. The molecule has 144 valence electrons. The Balaban J connectivity index is 1.36. The van der Waals surface area contributed by atoms with Crippen molar-refractivity contribution >= 4 is 29.6 Å². The molecule has 0 atom stereocenters. The average molecular weight is 379 g/mol. The molecule has 2 aliphatic rings. The van der Waals surface area contributed by atoms with E-state index in [4.69, 9.17) is 4.42 Å². The summed E-state index contributed by atoms with van der Waals surface area (Å²) in [6.45, 7) is 1.19. The predicted octanol–water partition coefficient (Wildman–Crippen LogP) is 2.75. The zero-order chi connectivity index (χ0) is 19.5. The van der Waals surface area contributed by atoms with Crippen molar-refractivity contribution in [2.24, 2.45) is 0 Å². The van der Waals surface area contributed by atoms with Crippen molar-refractivity contribution in [2.75, 3.05) is 24.5 Å². The third-order valence-corrected chi connectivity index (χ3v) is 5.16. The number of imide groups is 1. The van der Waals surface area contributed by atoms with Crippen LogP contribution >= 0.6 is 0 Å². The quantitative estimate of drug-likeness (QED) is 0.605. The molecule has 2 aliphatic heterocycles. The Kier molecular flexibility index (Phi) is 4.97. The summed E-state index contributed by atoms with van der Waals surface area (Å²) in [5, 5.41) is 0. The van der Waals surface area contributed by atoms with E-state index in [9.17, 15) is 14.4 Å². The molecular formula is C21H21N3O4. The Morgan fingerprint density at radius 3 is 2.46 bits per heavy atom. The van der Waals surface area contributed by atoms with Crippen molar-refractivity contribution in [1.82, 2.24) is 9.80 Å². The number of amides is 4. The van der Waals surface area contributed by atoms with Crippen LogP contribution in [0.15, 0.2) is 59.2 Å². The number of nitrogens with zero attached hydrogens (tertiary/aromatic N) is 3. The van der Waals surface area contributed by atoms with Crippen molar-refractivity contribution in [3.63, 3.8) is 0 Å². The number of para-hydroxylation sites is 1. The predicted molar refractivity (Wildman–Crippen MR) is 103 cm³/mol. The number of carbonyl (C=O) groups is 3. The van der Waals surface area contributed by atoms with Crippen LogP contribution in [0.1, 0.15) is 18.6 Å². The van der Waals surface area contributed by atoms with Crippen LogP contribution in [0.4, 0.5) is 10.5 Å². The van der Waals surface area contributed by atoms with Crippen molar-refractivity contribution < 1.29 is 18.8 Å². The molecule has 0 unspecified atom stereocenters. The second kappa shape index (κ2) is 7.72. The monoisotopic (exact) mass is 379 g/mol. The van der Waals surface area contributed by atoms with E-state index in [1.165, 1.54) is 11.0 Å². The van der Waals surface area contributed by atoms with Gasteiger partial charge in [0.05, 0.1) is 12.0 Å². The number of hydrogen-bond acceptors (Lipinski definition) is 4. The molecule has 4 amide bonds. The highest BCUT2D eigenvalue weighted by Gasteiger charge is 2.41. The van der Waals surface area contributed by atoms with Crippen LogP contribution in [-0.4, -0.2) is 53.3 Å². The van der Waals surface area contributed by atoms with Crippen LogP contribution in [0.3, 0.4) is 0 Å². The van der Waals surface area contributed by atoms with Crippen LogP contribution in [-0.2, 0) is 9.59 Å². The number of urea groups is 1. The summed E-state index contributed by atoms with van der Waals surface area (Å²) in [5.74, 6) is 0.339. The minimum atomic E-state index is -0.279. The highest BCUT2D eigenvalue weighted by molar-refractivity contribution is 6.19. The molecule has 2 fully saturated rings. The third kappa shape index (κ3) is 3.55. The van der Waals surface area contributed by atoms with Crippen molar-refractivity contribution in [1.29, 1.82) is 0 Å². The zero-order valence-electron chi connectivity index (χ0n) is 15.4. The Hall–Kier alpha value is -3.35. The van der Waals surface area contributed by atoms with Crippen LogP contribution in [0.5, 0.6) is 0 Å². The van der Waals surface area contributed by atoms with E-state index >= 15 is 0 Å². The first kappa shape index (κ1) is 18.0. The SMILES string of the molecule is O=C(/C=C/c1ccco1)N1CCC(N2CC(=O)N(c3ccccc3)C2=O)CC1. The van der Waals surface area contributed by atoms with Gasteiger partial charge in [-0.3, -0.25) is 9.59 Å². The van der Waals surface area contributed by atoms with Crippen LogP contribution in [0.2, 0.25) is 0 Å². The van der Waals surface area contributed by atoms with Gasteiger partial charge in [0.1, 0.15) is 12.3 Å². The number of hydrogen-bond donors (Lipinski definition) is 0. The molecule has 0 aliphatic carbocycles. The van der Waals surface area contributed by atoms with Gasteiger partial charge in [-0.2, -0.15) is 0 Å². The largest absolute Gasteiger partial charge is 0.465 e. The van der Waals surface area contributed by atoms with Gasteiger partial charge in [0.25, 0.3) is 5.91 Å². The van der Waals surface area contributed by atoms with Gasteiger partial charge in [-0.25, -0.2) is 9.69 Å². The minimum Gasteiger partial charge on any atom is -0.465 e. The highest BCUT2D eigenvalue weighted by Crippen LogP contribution is 2.26. The standard InChI is InChI=1S/C21H21N3O4/c25-19(9-8-18-7-4-14-28-18)22-12-10-16(11-13-22)23-15-20(26)24(21(23)27)17-5-2-1-3-6-17/h1-9,14,16H,10-13,15H2/b9-8+. The molecule has 1 aromatic heterocycles. The Morgan fingerprint density at radius 1 is 1.04 bits per heavy atom. The van der Waals surface area contributed by atoms with Gasteiger partial charge in [-0.05, 0) is 43.2 Å². The summed E-state index contributed by atoms with van der Waals surface area (Å²) in [6, 6.07) is 12.2. The lowest BCUT2D eigenvalue weighted by Crippen LogP contribution is -2.47. The second-order valence-corrected chi connectivity index (χ2v) is 6.88. The van der Waals surface area contributed by atoms with Gasteiger partial charge < -0.3 is 14.2 Å². The minimum absolute atomic E-state index is 0.0386. The summed E-state index contributed by atoms with van der Waals surface area (Å²) < 4.78 is 5.19. The Bertz CT molecular complexity index is 884. The third-order valence-electron chi connectivity index (χ3n) is 5.16. The molecule has 0 saturated carbocycles. The van der Waals surface area contributed by atoms with Gasteiger partial charge in [0.2, 0.25) is 5.91 Å². The van der Waals surface area contributed by atoms with Crippen LogP contribution in [0, 0.1) is 0 Å². The van der Waals surface area contributed by atoms with Gasteiger partial charge in [-0.15, -0.1) is 0 Å². The maximum atomic E-state index is 12.8. The number of carbonyl (C=O) groups excluding carboxylic acids is 3. The maximum Gasteiger partial charge on any atom is 0.332 e. The summed E-state index contributed by atoms with van der Waals surface area (Å²) in [4.78, 5) is 42.1. The average Bonchev–Trinajstić information content (AvgIpc) is 3.34. The first-order valence-electron chi connectivity index (χ1n) is 9.32. The second-order valence-electron chi connectivity index (χ2n) is 6.88. The van der Waals surface area contributed by atoms with E-state index in [1.54, 1.807) is 58.5 Å². The first-order chi connectivity index (χ1) is 13.6. The molecule has 0 spiro atoms. The van der Waals surface area contributed by atoms with E-state index in [0.717, 1.165) is 0 Å². The summed E-state index contributed by atoms with van der Waals surface area (Å²) in [5.41, 5.74) is 0.593. The number of furan rings is 1. The summed E-state index contributed by atoms with van der Waals surface area (Å²) in [7, 11) is 0. The highest BCUT2D eigenvalue weighted by atomic mass is 16.3. The summed E-state index contributed by atoms with van der Waals surface area (Å²) >= 11 is 0. The van der Waals surface area contributed by atoms with Crippen LogP contribution < -0.4 is 4.90 Å². The van der Waals surface area contributed by atoms with E-state index in [2.05, 4.69) is 0 Å². The molecule has 2 aromatic rings. The van der Waals surface area contributed by atoms with Gasteiger partial charge in [0, 0.05) is 25.2 Å². The molecule has 4 rings (SSSR count). The first-order valence-corrected chi connectivity index (χ1v) is 9.32. The van der Waals surface area contributed by atoms with Gasteiger partial charge in [0.15, 0.2) is 0 Å². The van der Waals surface area contributed by atoms with E-state index in [1.807, 2.05) is 6.07 Å². The number of likely N-dealkylation sites (tertiary alicyclic amines) is 1. The number of benzene rings is 1. The molecule has 2 saturated heterocycles. The Morgan fingerprint density at radius 2 is 1.79 bits per heavy atom. The number of anilines is 1. The topological polar surface area (TPSA) is 74.1 Å². The van der Waals surface area contributed by atoms with E-state index in [0.29, 0.717) is 37.4 Å². The number of rotatable bonds is 4. The lowest BCUT2D eigenvalue weighted by Gasteiger charge is -2.35. The number of piperidine rings is 1. The molecule has 0 radical (unpaired) electrons. The van der Waals surface area contributed by atoms with Crippen LogP contribution in [0.25, 0.3) is 6.08 Å². The molecule has 1 aromatic carbocycles. The maximum absolute atomic E-state index is 12.8. The van der Waals surface area contributed by atoms with E-state index in [-0.39, 0.29) is 30.4 Å². The van der Waals surface area contributed by atoms with E-state index < -0.39 is 0 Å². The normalized spacial score (nSPS) is 18.5. The molecule has 0 bridgehead atoms. The smallest absolute Gasteiger partial charge is 0.332 e. The summed E-state index contributed by atoms with van der Waals surface area (Å²) in [6.07, 6.45) is 6.02. The van der Waals surface area contributed by atoms with Crippen molar-refractivity contribution in [3.05, 3.63) is 60.6 Å². The molecule has 3 heterocycles. The van der Waals surface area contributed by atoms with Gasteiger partial charge in [-0.1, -0.05) is 18.2 Å². The fourth-order valence-corrected chi connectivity index (χ4v) is 3.68. The lowest BCUT2D eigenvalue weighted by molar-refractivity contribution is -0.127. The fraction of sp³-hybridized carbons (Fsp3) is 0.286. The van der Waals surface area contributed by atoms with Gasteiger partial charge >= 0.3 is 6.03 Å². The fourth-order valence-electron chi connectivity index (χ4n) is 3.68. The molecule has 7 nitrogen and oxygen atoms in total. The molecule has 0 N–H and O–H groups in total. The molecule has 7 heteroatoms. The Labute approximate surface area is 162 Å². The van der Waals surface area contributed by atoms with Crippen molar-refractivity contribution in [3.8, 4) is 0 Å². The zero-order valence-corrected chi connectivity index (χ0v) is 15.4. The van der Waals surface area contributed by atoms with Crippen molar-refractivity contribution in [2.45, 2.75) is 18.9 Å². The molecular weight excluding hydrogens is 358 g/mol. The molecule has 28 heavy (non-hydrogen) atoms.